The topological polar surface area (TPSA) is 88.2 Å². The van der Waals surface area contributed by atoms with Crippen molar-refractivity contribution in [3.05, 3.63) is 33.9 Å². The minimum atomic E-state index is -1.17. The van der Waals surface area contributed by atoms with Crippen molar-refractivity contribution in [2.45, 2.75) is 32.4 Å². The van der Waals surface area contributed by atoms with Gasteiger partial charge in [0.2, 0.25) is 5.82 Å². The molecule has 1 aromatic carbocycles. The van der Waals surface area contributed by atoms with Gasteiger partial charge in [-0.1, -0.05) is 0 Å². The van der Waals surface area contributed by atoms with E-state index in [1.54, 1.807) is 0 Å². The Morgan fingerprint density at radius 2 is 2.10 bits per heavy atom. The van der Waals surface area contributed by atoms with Gasteiger partial charge in [-0.25, -0.2) is 4.39 Å². The third-order valence-electron chi connectivity index (χ3n) is 2.55. The minimum Gasteiger partial charge on any atom is -0.490 e. The summed E-state index contributed by atoms with van der Waals surface area (Å²) in [7, 11) is 0. The Hall–Kier alpha value is -2.27. The third kappa shape index (κ3) is 4.96. The van der Waals surface area contributed by atoms with E-state index >= 15 is 0 Å². The monoisotopic (exact) mass is 299 g/mol. The molecular formula is C13H15F2N3O3. The Labute approximate surface area is 120 Å². The van der Waals surface area contributed by atoms with Crippen LogP contribution in [-0.4, -0.2) is 23.6 Å². The van der Waals surface area contributed by atoms with Gasteiger partial charge < -0.3 is 4.74 Å². The molecule has 21 heavy (non-hydrogen) atoms. The van der Waals surface area contributed by atoms with E-state index in [1.165, 1.54) is 0 Å². The predicted molar refractivity (Wildman–Crippen MR) is 70.8 cm³/mol. The van der Waals surface area contributed by atoms with E-state index in [-0.39, 0.29) is 19.1 Å². The summed E-state index contributed by atoms with van der Waals surface area (Å²) in [6.07, 6.45) is 0.271. The van der Waals surface area contributed by atoms with Crippen LogP contribution in [0.5, 0.6) is 5.75 Å². The van der Waals surface area contributed by atoms with E-state index < -0.39 is 34.0 Å². The van der Waals surface area contributed by atoms with E-state index in [9.17, 15) is 18.9 Å². The standard InChI is InChI=1S/C13H15F2N3O3/c1-8(2)17-9(7-16)3-4-21-13-6-10(14)12(18(19)20)5-11(13)15/h5-6,8-9,17H,3-4H2,1-2H3. The summed E-state index contributed by atoms with van der Waals surface area (Å²) in [6.45, 7) is 3.72. The highest BCUT2D eigenvalue weighted by atomic mass is 19.1. The van der Waals surface area contributed by atoms with Crippen LogP contribution in [0, 0.1) is 33.1 Å². The Balaban J connectivity index is 2.66. The fourth-order valence-corrected chi connectivity index (χ4v) is 1.64. The lowest BCUT2D eigenvalue weighted by Gasteiger charge is -2.15. The molecule has 114 valence electrons. The molecule has 8 heteroatoms. The van der Waals surface area contributed by atoms with Gasteiger partial charge in [-0.2, -0.15) is 9.65 Å². The largest absolute Gasteiger partial charge is 0.490 e. The second kappa shape index (κ2) is 7.50. The number of nitro groups is 1. The lowest BCUT2D eigenvalue weighted by atomic mass is 10.2. The molecule has 0 fully saturated rings. The summed E-state index contributed by atoms with van der Waals surface area (Å²) in [4.78, 5) is 9.43. The second-order valence-electron chi connectivity index (χ2n) is 4.63. The van der Waals surface area contributed by atoms with Gasteiger partial charge in [-0.05, 0) is 13.8 Å². The maximum Gasteiger partial charge on any atom is 0.307 e. The number of hydrogen-bond acceptors (Lipinski definition) is 5. The molecule has 1 atom stereocenters. The van der Waals surface area contributed by atoms with Gasteiger partial charge in [-0.3, -0.25) is 15.4 Å². The average Bonchev–Trinajstić information content (AvgIpc) is 2.40. The number of nitrogens with zero attached hydrogens (tertiary/aromatic N) is 2. The van der Waals surface area contributed by atoms with Gasteiger partial charge in [0.15, 0.2) is 11.6 Å². The summed E-state index contributed by atoms with van der Waals surface area (Å²) in [6, 6.07) is 2.75. The van der Waals surface area contributed by atoms with Gasteiger partial charge in [0.25, 0.3) is 0 Å². The van der Waals surface area contributed by atoms with Crippen LogP contribution in [0.4, 0.5) is 14.5 Å². The van der Waals surface area contributed by atoms with Crippen molar-refractivity contribution in [1.29, 1.82) is 5.26 Å². The number of rotatable bonds is 7. The minimum absolute atomic E-state index is 0.0217. The molecule has 0 amide bonds. The van der Waals surface area contributed by atoms with Crippen LogP contribution in [0.1, 0.15) is 20.3 Å². The first-order chi connectivity index (χ1) is 9.85. The van der Waals surface area contributed by atoms with Crippen molar-refractivity contribution < 1.29 is 18.4 Å². The SMILES string of the molecule is CC(C)NC(C#N)CCOc1cc(F)c([N+](=O)[O-])cc1F. The Morgan fingerprint density at radius 1 is 1.43 bits per heavy atom. The molecule has 0 aliphatic carbocycles. The zero-order chi connectivity index (χ0) is 16.0. The van der Waals surface area contributed by atoms with E-state index in [2.05, 4.69) is 5.32 Å². The number of ether oxygens (including phenoxy) is 1. The molecule has 1 rings (SSSR count). The first-order valence-corrected chi connectivity index (χ1v) is 6.27. The Morgan fingerprint density at radius 3 is 2.62 bits per heavy atom. The van der Waals surface area contributed by atoms with Crippen molar-refractivity contribution >= 4 is 5.69 Å². The van der Waals surface area contributed by atoms with Crippen LogP contribution in [0.2, 0.25) is 0 Å². The zero-order valence-corrected chi connectivity index (χ0v) is 11.6. The zero-order valence-electron chi connectivity index (χ0n) is 11.6. The number of halogens is 2. The highest BCUT2D eigenvalue weighted by Crippen LogP contribution is 2.26. The second-order valence-corrected chi connectivity index (χ2v) is 4.63. The van der Waals surface area contributed by atoms with E-state index in [0.29, 0.717) is 12.1 Å². The van der Waals surface area contributed by atoms with Gasteiger partial charge in [-0.15, -0.1) is 0 Å². The van der Waals surface area contributed by atoms with Gasteiger partial charge >= 0.3 is 5.69 Å². The highest BCUT2D eigenvalue weighted by Gasteiger charge is 2.19. The number of nitriles is 1. The molecule has 1 N–H and O–H groups in total. The summed E-state index contributed by atoms with van der Waals surface area (Å²) < 4.78 is 31.9. The first-order valence-electron chi connectivity index (χ1n) is 6.27. The fourth-order valence-electron chi connectivity index (χ4n) is 1.64. The fraction of sp³-hybridized carbons (Fsp3) is 0.462. The summed E-state index contributed by atoms with van der Waals surface area (Å²) in [5, 5.41) is 22.3. The molecule has 0 aliphatic rings. The van der Waals surface area contributed by atoms with Crippen LogP contribution < -0.4 is 10.1 Å². The summed E-state index contributed by atoms with van der Waals surface area (Å²) in [5.74, 6) is -2.61. The molecule has 0 aliphatic heterocycles. The van der Waals surface area contributed by atoms with Crippen molar-refractivity contribution in [2.24, 2.45) is 0 Å². The summed E-state index contributed by atoms with van der Waals surface area (Å²) in [5.41, 5.74) is -0.948. The molecule has 6 nitrogen and oxygen atoms in total. The number of hydrogen-bond donors (Lipinski definition) is 1. The molecule has 1 aromatic rings. The molecule has 0 spiro atoms. The quantitative estimate of drug-likeness (QED) is 0.617. The van der Waals surface area contributed by atoms with Crippen LogP contribution in [-0.2, 0) is 0 Å². The molecule has 0 bridgehead atoms. The van der Waals surface area contributed by atoms with Crippen LogP contribution in [0.3, 0.4) is 0 Å². The van der Waals surface area contributed by atoms with Crippen molar-refractivity contribution in [1.82, 2.24) is 5.32 Å². The Kier molecular flexibility index (Phi) is 5.99. The van der Waals surface area contributed by atoms with E-state index in [4.69, 9.17) is 10.00 Å². The van der Waals surface area contributed by atoms with Crippen molar-refractivity contribution in [3.63, 3.8) is 0 Å². The van der Waals surface area contributed by atoms with Gasteiger partial charge in [0, 0.05) is 18.5 Å². The lowest BCUT2D eigenvalue weighted by Crippen LogP contribution is -2.34. The number of benzene rings is 1. The van der Waals surface area contributed by atoms with Gasteiger partial charge in [0.1, 0.15) is 0 Å². The maximum atomic E-state index is 13.5. The lowest BCUT2D eigenvalue weighted by molar-refractivity contribution is -0.387. The molecule has 0 aromatic heterocycles. The molecule has 1 unspecified atom stereocenters. The van der Waals surface area contributed by atoms with Crippen LogP contribution in [0.15, 0.2) is 12.1 Å². The molecular weight excluding hydrogens is 284 g/mol. The molecule has 0 saturated heterocycles. The average molecular weight is 299 g/mol. The smallest absolute Gasteiger partial charge is 0.307 e. The van der Waals surface area contributed by atoms with Crippen molar-refractivity contribution in [2.75, 3.05) is 6.61 Å². The summed E-state index contributed by atoms with van der Waals surface area (Å²) >= 11 is 0. The van der Waals surface area contributed by atoms with Crippen LogP contribution in [0.25, 0.3) is 0 Å². The highest BCUT2D eigenvalue weighted by molar-refractivity contribution is 5.39. The molecule has 0 radical (unpaired) electrons. The number of nitrogens with one attached hydrogen (secondary N) is 1. The number of nitro benzene ring substituents is 1. The van der Waals surface area contributed by atoms with E-state index in [1.807, 2.05) is 19.9 Å². The van der Waals surface area contributed by atoms with Crippen LogP contribution >= 0.6 is 0 Å². The first kappa shape index (κ1) is 16.8. The maximum absolute atomic E-state index is 13.5. The predicted octanol–water partition coefficient (Wildman–Crippen LogP) is 2.53. The Bertz CT molecular complexity index is 558. The molecule has 0 heterocycles. The third-order valence-corrected chi connectivity index (χ3v) is 2.55. The van der Waals surface area contributed by atoms with Crippen molar-refractivity contribution in [3.8, 4) is 11.8 Å². The van der Waals surface area contributed by atoms with Gasteiger partial charge in [0.05, 0.1) is 29.7 Å². The molecule has 0 saturated carbocycles. The normalized spacial score (nSPS) is 12.0. The van der Waals surface area contributed by atoms with E-state index in [0.717, 1.165) is 0 Å².